The fraction of sp³-hybridized carbons (Fsp3) is 0.875. The molecule has 18 heavy (non-hydrogen) atoms. The van der Waals surface area contributed by atoms with E-state index >= 15 is 0 Å². The maximum Gasteiger partial charge on any atom is 0.226 e. The van der Waals surface area contributed by atoms with Crippen molar-refractivity contribution in [1.82, 2.24) is 5.32 Å². The lowest BCUT2D eigenvalue weighted by atomic mass is 9.97. The standard InChI is InChI=1S/C8H14N4O6/c9-12-10-1-4(14)11-5-7(16)6(15)3(2-13)18-8(5)17/h3,5-8,13,15-17H,1-2H2,(H,11,14)/t3?,5-,6-,7?,8-/m1/s1. The van der Waals surface area contributed by atoms with Gasteiger partial charge in [0, 0.05) is 4.91 Å². The normalized spacial score (nSPS) is 35.7. The number of nitrogens with zero attached hydrogens (tertiary/aromatic N) is 3. The highest BCUT2D eigenvalue weighted by molar-refractivity contribution is 5.78. The van der Waals surface area contributed by atoms with E-state index in [9.17, 15) is 20.1 Å². The van der Waals surface area contributed by atoms with Crippen LogP contribution in [0.15, 0.2) is 5.11 Å². The van der Waals surface area contributed by atoms with E-state index in [4.69, 9.17) is 15.4 Å². The molecule has 0 aromatic heterocycles. The molecule has 1 rings (SSSR count). The van der Waals surface area contributed by atoms with E-state index in [1.54, 1.807) is 0 Å². The van der Waals surface area contributed by atoms with E-state index in [-0.39, 0.29) is 0 Å². The Kier molecular flexibility index (Phi) is 5.28. The Balaban J connectivity index is 2.64. The Hall–Kier alpha value is -1.42. The molecule has 0 radical (unpaired) electrons. The van der Waals surface area contributed by atoms with Crippen LogP contribution in [-0.2, 0) is 9.53 Å². The molecule has 0 aliphatic carbocycles. The number of aliphatic hydroxyl groups excluding tert-OH is 4. The van der Waals surface area contributed by atoms with Crippen molar-refractivity contribution < 1.29 is 30.0 Å². The zero-order valence-corrected chi connectivity index (χ0v) is 9.25. The molecule has 0 saturated carbocycles. The van der Waals surface area contributed by atoms with Gasteiger partial charge in [-0.15, -0.1) is 0 Å². The van der Waals surface area contributed by atoms with Crippen molar-refractivity contribution >= 4 is 5.91 Å². The predicted octanol–water partition coefficient (Wildman–Crippen LogP) is -2.79. The number of ether oxygens (including phenoxy) is 1. The van der Waals surface area contributed by atoms with Gasteiger partial charge in [-0.1, -0.05) is 5.11 Å². The Morgan fingerprint density at radius 1 is 1.39 bits per heavy atom. The lowest BCUT2D eigenvalue weighted by Gasteiger charge is -2.40. The molecule has 1 fully saturated rings. The zero-order valence-electron chi connectivity index (χ0n) is 9.25. The number of rotatable bonds is 4. The number of hydrogen-bond acceptors (Lipinski definition) is 7. The number of amides is 1. The average molecular weight is 262 g/mol. The van der Waals surface area contributed by atoms with Gasteiger partial charge in [0.2, 0.25) is 5.91 Å². The molecule has 5 N–H and O–H groups in total. The van der Waals surface area contributed by atoms with Crippen LogP contribution < -0.4 is 5.32 Å². The molecule has 102 valence electrons. The summed E-state index contributed by atoms with van der Waals surface area (Å²) >= 11 is 0. The maximum absolute atomic E-state index is 11.2. The van der Waals surface area contributed by atoms with Crippen molar-refractivity contribution in [3.05, 3.63) is 10.4 Å². The summed E-state index contributed by atoms with van der Waals surface area (Å²) in [5.74, 6) is -0.742. The van der Waals surface area contributed by atoms with Crippen LogP contribution in [0.25, 0.3) is 10.4 Å². The fourth-order valence-electron chi connectivity index (χ4n) is 1.58. The molecular formula is C8H14N4O6. The second kappa shape index (κ2) is 6.50. The van der Waals surface area contributed by atoms with Crippen LogP contribution in [0.3, 0.4) is 0 Å². The molecular weight excluding hydrogens is 248 g/mol. The third kappa shape index (κ3) is 3.29. The van der Waals surface area contributed by atoms with Crippen LogP contribution in [-0.4, -0.2) is 70.1 Å². The lowest BCUT2D eigenvalue weighted by molar-refractivity contribution is -0.253. The van der Waals surface area contributed by atoms with Crippen LogP contribution >= 0.6 is 0 Å². The van der Waals surface area contributed by atoms with Crippen molar-refractivity contribution in [3.8, 4) is 0 Å². The van der Waals surface area contributed by atoms with Crippen molar-refractivity contribution in [2.24, 2.45) is 5.11 Å². The number of hydrogen-bond donors (Lipinski definition) is 5. The number of aliphatic hydroxyl groups is 4. The topological polar surface area (TPSA) is 168 Å². The molecule has 1 aliphatic heterocycles. The monoisotopic (exact) mass is 262 g/mol. The lowest BCUT2D eigenvalue weighted by Crippen LogP contribution is -2.64. The first-order valence-corrected chi connectivity index (χ1v) is 5.12. The molecule has 1 amide bonds. The van der Waals surface area contributed by atoms with E-state index in [0.29, 0.717) is 0 Å². The summed E-state index contributed by atoms with van der Waals surface area (Å²) in [7, 11) is 0. The third-order valence-electron chi connectivity index (χ3n) is 2.51. The smallest absolute Gasteiger partial charge is 0.226 e. The average Bonchev–Trinajstić information content (AvgIpc) is 2.36. The van der Waals surface area contributed by atoms with Gasteiger partial charge in [0.15, 0.2) is 6.29 Å². The number of carbonyl (C=O) groups is 1. The van der Waals surface area contributed by atoms with Gasteiger partial charge in [-0.3, -0.25) is 4.79 Å². The van der Waals surface area contributed by atoms with Gasteiger partial charge in [-0.2, -0.15) is 0 Å². The molecule has 1 aliphatic rings. The molecule has 1 saturated heterocycles. The molecule has 0 aromatic carbocycles. The first-order chi connectivity index (χ1) is 8.51. The van der Waals surface area contributed by atoms with Gasteiger partial charge in [0.05, 0.1) is 6.61 Å². The minimum Gasteiger partial charge on any atom is -0.394 e. The number of azide groups is 1. The SMILES string of the molecule is [N-]=[N+]=NCC(=O)N[C@@H]1C(O)[C@H](O)C(CO)O[C@H]1O. The van der Waals surface area contributed by atoms with Gasteiger partial charge >= 0.3 is 0 Å². The van der Waals surface area contributed by atoms with E-state index in [1.165, 1.54) is 0 Å². The second-order valence-corrected chi connectivity index (χ2v) is 3.71. The minimum absolute atomic E-state index is 0.508. The number of carbonyl (C=O) groups excluding carboxylic acids is 1. The van der Waals surface area contributed by atoms with Crippen molar-refractivity contribution in [1.29, 1.82) is 0 Å². The molecule has 5 atom stereocenters. The van der Waals surface area contributed by atoms with Crippen LogP contribution in [0.2, 0.25) is 0 Å². The largest absolute Gasteiger partial charge is 0.394 e. The molecule has 0 bridgehead atoms. The molecule has 2 unspecified atom stereocenters. The molecule has 10 heteroatoms. The van der Waals surface area contributed by atoms with Crippen molar-refractivity contribution in [3.63, 3.8) is 0 Å². The fourth-order valence-corrected chi connectivity index (χ4v) is 1.58. The summed E-state index contributed by atoms with van der Waals surface area (Å²) < 4.78 is 4.81. The second-order valence-electron chi connectivity index (χ2n) is 3.71. The number of nitrogens with one attached hydrogen (secondary N) is 1. The van der Waals surface area contributed by atoms with Gasteiger partial charge in [0.1, 0.15) is 30.9 Å². The first-order valence-electron chi connectivity index (χ1n) is 5.12. The maximum atomic E-state index is 11.2. The Labute approximate surface area is 101 Å². The molecule has 0 spiro atoms. The quantitative estimate of drug-likeness (QED) is 0.208. The van der Waals surface area contributed by atoms with E-state index < -0.39 is 49.7 Å². The first kappa shape index (κ1) is 14.6. The van der Waals surface area contributed by atoms with Crippen molar-refractivity contribution in [2.75, 3.05) is 13.2 Å². The Bertz CT molecular complexity index is 346. The van der Waals surface area contributed by atoms with Crippen LogP contribution in [0.5, 0.6) is 0 Å². The van der Waals surface area contributed by atoms with Crippen LogP contribution in [0.4, 0.5) is 0 Å². The highest BCUT2D eigenvalue weighted by Crippen LogP contribution is 2.19. The highest BCUT2D eigenvalue weighted by Gasteiger charge is 2.44. The summed E-state index contributed by atoms with van der Waals surface area (Å²) in [6.07, 6.45) is -5.69. The highest BCUT2D eigenvalue weighted by atomic mass is 16.6. The molecule has 1 heterocycles. The third-order valence-corrected chi connectivity index (χ3v) is 2.51. The molecule has 0 aromatic rings. The summed E-state index contributed by atoms with van der Waals surface area (Å²) in [5, 5.41) is 42.7. The van der Waals surface area contributed by atoms with Gasteiger partial charge in [-0.25, -0.2) is 0 Å². The van der Waals surface area contributed by atoms with Crippen LogP contribution in [0, 0.1) is 0 Å². The Morgan fingerprint density at radius 3 is 2.61 bits per heavy atom. The molecule has 10 nitrogen and oxygen atoms in total. The van der Waals surface area contributed by atoms with Crippen molar-refractivity contribution in [2.45, 2.75) is 30.6 Å². The van der Waals surface area contributed by atoms with Crippen LogP contribution in [0.1, 0.15) is 0 Å². The summed E-state index contributed by atoms with van der Waals surface area (Å²) in [6.45, 7) is -1.10. The zero-order chi connectivity index (χ0) is 13.7. The van der Waals surface area contributed by atoms with E-state index in [0.717, 1.165) is 0 Å². The van der Waals surface area contributed by atoms with Gasteiger partial charge in [0.25, 0.3) is 0 Å². The summed E-state index contributed by atoms with van der Waals surface area (Å²) in [5.41, 5.74) is 8.02. The summed E-state index contributed by atoms with van der Waals surface area (Å²) in [4.78, 5) is 13.6. The van der Waals surface area contributed by atoms with Gasteiger partial charge < -0.3 is 30.5 Å². The van der Waals surface area contributed by atoms with E-state index in [2.05, 4.69) is 15.3 Å². The van der Waals surface area contributed by atoms with Gasteiger partial charge in [-0.05, 0) is 5.53 Å². The van der Waals surface area contributed by atoms with E-state index in [1.807, 2.05) is 0 Å². The Morgan fingerprint density at radius 2 is 2.06 bits per heavy atom. The predicted molar refractivity (Wildman–Crippen MR) is 55.9 cm³/mol. The summed E-state index contributed by atoms with van der Waals surface area (Å²) in [6, 6.07) is -1.27. The minimum atomic E-state index is -1.59.